The molecular formula is C14H27NO3Si. The van der Waals surface area contributed by atoms with E-state index in [0.717, 1.165) is 5.76 Å². The maximum absolute atomic E-state index is 12.0. The molecule has 0 aliphatic carbocycles. The summed E-state index contributed by atoms with van der Waals surface area (Å²) >= 11 is 0. The van der Waals surface area contributed by atoms with Crippen molar-refractivity contribution in [1.29, 1.82) is 0 Å². The maximum atomic E-state index is 12.0. The molecule has 0 aromatic carbocycles. The Bertz CT molecular complexity index is 366. The van der Waals surface area contributed by atoms with Crippen molar-refractivity contribution in [3.63, 3.8) is 0 Å². The van der Waals surface area contributed by atoms with Gasteiger partial charge in [-0.25, -0.2) is 4.79 Å². The third kappa shape index (κ3) is 5.68. The monoisotopic (exact) mass is 285 g/mol. The Kier molecular flexibility index (Phi) is 4.71. The average molecular weight is 285 g/mol. The second-order valence-electron chi connectivity index (χ2n) is 7.11. The highest BCUT2D eigenvalue weighted by molar-refractivity contribution is 6.70. The van der Waals surface area contributed by atoms with Crippen LogP contribution in [0.4, 0.5) is 4.79 Å². The molecule has 19 heavy (non-hydrogen) atoms. The van der Waals surface area contributed by atoms with Gasteiger partial charge in [0.2, 0.25) is 8.32 Å². The highest BCUT2D eigenvalue weighted by Crippen LogP contribution is 2.24. The van der Waals surface area contributed by atoms with Crippen LogP contribution in [0.3, 0.4) is 0 Å². The smallest absolute Gasteiger partial charge is 0.410 e. The Labute approximate surface area is 117 Å². The minimum atomic E-state index is -1.58. The average Bonchev–Trinajstić information content (AvgIpc) is 2.16. The number of amides is 1. The number of nitrogens with zero attached hydrogens (tertiary/aromatic N) is 1. The number of rotatable bonds is 2. The van der Waals surface area contributed by atoms with Gasteiger partial charge in [-0.3, -0.25) is 0 Å². The van der Waals surface area contributed by atoms with Gasteiger partial charge in [0.05, 0.1) is 5.76 Å². The number of carbonyl (C=O) groups excluding carboxylic acids is 1. The zero-order valence-corrected chi connectivity index (χ0v) is 14.2. The number of ether oxygens (including phenoxy) is 1. The van der Waals surface area contributed by atoms with Crippen LogP contribution in [0.25, 0.3) is 0 Å². The predicted molar refractivity (Wildman–Crippen MR) is 79.5 cm³/mol. The molecule has 0 bridgehead atoms. The first kappa shape index (κ1) is 16.1. The van der Waals surface area contributed by atoms with E-state index in [4.69, 9.17) is 9.16 Å². The van der Waals surface area contributed by atoms with E-state index >= 15 is 0 Å². The maximum Gasteiger partial charge on any atom is 0.410 e. The summed E-state index contributed by atoms with van der Waals surface area (Å²) in [5.41, 5.74) is -0.445. The summed E-state index contributed by atoms with van der Waals surface area (Å²) in [6.45, 7) is 15.5. The molecule has 0 spiro atoms. The van der Waals surface area contributed by atoms with Gasteiger partial charge < -0.3 is 14.1 Å². The van der Waals surface area contributed by atoms with Crippen LogP contribution in [0.5, 0.6) is 0 Å². The van der Waals surface area contributed by atoms with Crippen molar-refractivity contribution in [2.75, 3.05) is 13.1 Å². The highest BCUT2D eigenvalue weighted by Gasteiger charge is 2.29. The quantitative estimate of drug-likeness (QED) is 0.728. The van der Waals surface area contributed by atoms with Crippen LogP contribution in [0, 0.1) is 5.92 Å². The van der Waals surface area contributed by atoms with Gasteiger partial charge in [-0.2, -0.15) is 0 Å². The number of carbonyl (C=O) groups is 1. The minimum absolute atomic E-state index is 0.230. The molecule has 0 saturated carbocycles. The van der Waals surface area contributed by atoms with Gasteiger partial charge >= 0.3 is 6.09 Å². The number of hydrogen-bond acceptors (Lipinski definition) is 3. The van der Waals surface area contributed by atoms with Crippen LogP contribution in [0.2, 0.25) is 19.6 Å². The van der Waals surface area contributed by atoms with Gasteiger partial charge in [-0.05, 0) is 46.5 Å². The molecule has 1 rings (SSSR count). The molecule has 0 fully saturated rings. The fourth-order valence-corrected chi connectivity index (χ4v) is 2.86. The van der Waals surface area contributed by atoms with Gasteiger partial charge in [0.25, 0.3) is 0 Å². The summed E-state index contributed by atoms with van der Waals surface area (Å²) in [7, 11) is -1.58. The van der Waals surface area contributed by atoms with Crippen LogP contribution in [-0.2, 0) is 9.16 Å². The van der Waals surface area contributed by atoms with E-state index < -0.39 is 13.9 Å². The van der Waals surface area contributed by atoms with E-state index in [-0.39, 0.29) is 12.0 Å². The van der Waals surface area contributed by atoms with E-state index in [9.17, 15) is 4.79 Å². The SMILES string of the molecule is CC1CN(C(=O)OC(C)(C)C)CC=C1O[Si](C)(C)C. The first-order valence-corrected chi connectivity index (χ1v) is 10.3. The molecule has 1 heterocycles. The van der Waals surface area contributed by atoms with E-state index in [1.807, 2.05) is 26.8 Å². The first-order chi connectivity index (χ1) is 8.48. The zero-order valence-electron chi connectivity index (χ0n) is 13.2. The van der Waals surface area contributed by atoms with Crippen molar-refractivity contribution in [3.05, 3.63) is 11.8 Å². The highest BCUT2D eigenvalue weighted by atomic mass is 28.4. The van der Waals surface area contributed by atoms with Crippen molar-refractivity contribution in [2.24, 2.45) is 5.92 Å². The third-order valence-electron chi connectivity index (χ3n) is 2.57. The summed E-state index contributed by atoms with van der Waals surface area (Å²) in [5, 5.41) is 0. The summed E-state index contributed by atoms with van der Waals surface area (Å²) < 4.78 is 11.4. The summed E-state index contributed by atoms with van der Waals surface area (Å²) in [6.07, 6.45) is 1.76. The fraction of sp³-hybridized carbons (Fsp3) is 0.786. The Morgan fingerprint density at radius 3 is 2.37 bits per heavy atom. The molecule has 4 nitrogen and oxygen atoms in total. The van der Waals surface area contributed by atoms with Crippen LogP contribution in [0.1, 0.15) is 27.7 Å². The number of hydrogen-bond donors (Lipinski definition) is 0. The van der Waals surface area contributed by atoms with Crippen molar-refractivity contribution < 1.29 is 14.0 Å². The molecule has 1 amide bonds. The molecule has 110 valence electrons. The topological polar surface area (TPSA) is 38.8 Å². The molecule has 1 aliphatic rings. The van der Waals surface area contributed by atoms with Crippen LogP contribution >= 0.6 is 0 Å². The van der Waals surface area contributed by atoms with Gasteiger partial charge in [0.1, 0.15) is 5.60 Å². The molecule has 0 aromatic rings. The molecule has 5 heteroatoms. The van der Waals surface area contributed by atoms with Gasteiger partial charge in [-0.15, -0.1) is 0 Å². The van der Waals surface area contributed by atoms with E-state index in [2.05, 4.69) is 26.6 Å². The molecule has 1 aliphatic heterocycles. The minimum Gasteiger partial charge on any atom is -0.547 e. The van der Waals surface area contributed by atoms with Gasteiger partial charge in [0, 0.05) is 19.0 Å². The van der Waals surface area contributed by atoms with E-state index in [1.165, 1.54) is 0 Å². The Morgan fingerprint density at radius 1 is 1.37 bits per heavy atom. The normalized spacial score (nSPS) is 20.9. The lowest BCUT2D eigenvalue weighted by molar-refractivity contribution is 0.0230. The third-order valence-corrected chi connectivity index (χ3v) is 3.42. The second kappa shape index (κ2) is 5.57. The molecule has 1 unspecified atom stereocenters. The second-order valence-corrected chi connectivity index (χ2v) is 11.5. The van der Waals surface area contributed by atoms with Crippen molar-refractivity contribution in [1.82, 2.24) is 4.90 Å². The van der Waals surface area contributed by atoms with E-state index in [0.29, 0.717) is 13.1 Å². The first-order valence-electron chi connectivity index (χ1n) is 6.85. The Hall–Kier alpha value is -0.973. The van der Waals surface area contributed by atoms with Crippen molar-refractivity contribution in [2.45, 2.75) is 52.9 Å². The molecular weight excluding hydrogens is 258 g/mol. The largest absolute Gasteiger partial charge is 0.547 e. The molecule has 0 saturated heterocycles. The van der Waals surface area contributed by atoms with Crippen molar-refractivity contribution in [3.8, 4) is 0 Å². The van der Waals surface area contributed by atoms with Gasteiger partial charge in [0.15, 0.2) is 0 Å². The van der Waals surface area contributed by atoms with Crippen LogP contribution < -0.4 is 0 Å². The van der Waals surface area contributed by atoms with E-state index in [1.54, 1.807) is 4.90 Å². The lowest BCUT2D eigenvalue weighted by Gasteiger charge is -2.34. The van der Waals surface area contributed by atoms with Crippen molar-refractivity contribution >= 4 is 14.4 Å². The standard InChI is InChI=1S/C14H27NO3Si/c1-11-10-15(13(16)17-14(2,3)4)9-8-12(11)18-19(5,6)7/h8,11H,9-10H2,1-7H3. The lowest BCUT2D eigenvalue weighted by atomic mass is 10.1. The Morgan fingerprint density at radius 2 is 1.95 bits per heavy atom. The van der Waals surface area contributed by atoms with Crippen LogP contribution in [0.15, 0.2) is 11.8 Å². The molecule has 0 radical (unpaired) electrons. The summed E-state index contributed by atoms with van der Waals surface area (Å²) in [5.74, 6) is 1.26. The van der Waals surface area contributed by atoms with Crippen LogP contribution in [-0.4, -0.2) is 38.0 Å². The molecule has 0 N–H and O–H groups in total. The van der Waals surface area contributed by atoms with Gasteiger partial charge in [-0.1, -0.05) is 6.92 Å². The molecule has 1 atom stereocenters. The summed E-state index contributed by atoms with van der Waals surface area (Å²) in [6, 6.07) is 0. The Balaban J connectivity index is 2.64. The fourth-order valence-electron chi connectivity index (χ4n) is 1.87. The molecule has 0 aromatic heterocycles. The lowest BCUT2D eigenvalue weighted by Crippen LogP contribution is -2.43. The summed E-state index contributed by atoms with van der Waals surface area (Å²) in [4.78, 5) is 13.7. The predicted octanol–water partition coefficient (Wildman–Crippen LogP) is 3.61. The zero-order chi connectivity index (χ0) is 14.8.